The summed E-state index contributed by atoms with van der Waals surface area (Å²) in [5, 5.41) is 1.94. The second kappa shape index (κ2) is 9.63. The Morgan fingerprint density at radius 1 is 1.00 bits per heavy atom. The first kappa shape index (κ1) is 23.3. The highest BCUT2D eigenvalue weighted by molar-refractivity contribution is 7.14. The first-order chi connectivity index (χ1) is 17.4. The lowest BCUT2D eigenvalue weighted by Gasteiger charge is -2.28. The molecule has 0 N–H and O–H groups in total. The molecule has 0 saturated heterocycles. The van der Waals surface area contributed by atoms with Gasteiger partial charge in [0.05, 0.1) is 29.2 Å². The SMILES string of the molecule is CC(=O)N(c1nc(/C=C2/C(=O)N(Cc3ccccn3)C(=O)c3ccccc32)cs1)c1ccccc1F. The number of amides is 3. The first-order valence-electron chi connectivity index (χ1n) is 11.0. The maximum absolute atomic E-state index is 14.4. The van der Waals surface area contributed by atoms with Crippen LogP contribution in [0, 0.1) is 5.82 Å². The van der Waals surface area contributed by atoms with E-state index in [-0.39, 0.29) is 17.4 Å². The van der Waals surface area contributed by atoms with E-state index < -0.39 is 23.5 Å². The number of aromatic nitrogens is 2. The van der Waals surface area contributed by atoms with Gasteiger partial charge in [-0.15, -0.1) is 11.3 Å². The summed E-state index contributed by atoms with van der Waals surface area (Å²) in [6.07, 6.45) is 3.19. The number of imide groups is 1. The van der Waals surface area contributed by atoms with E-state index in [1.165, 1.54) is 24.0 Å². The van der Waals surface area contributed by atoms with E-state index in [4.69, 9.17) is 0 Å². The molecule has 0 saturated carbocycles. The molecule has 4 aromatic rings. The lowest BCUT2D eigenvalue weighted by Crippen LogP contribution is -2.41. The van der Waals surface area contributed by atoms with Crippen molar-refractivity contribution in [3.05, 3.63) is 107 Å². The number of rotatable bonds is 5. The molecule has 0 aliphatic carbocycles. The monoisotopic (exact) mass is 498 g/mol. The van der Waals surface area contributed by atoms with Crippen LogP contribution in [0.2, 0.25) is 0 Å². The van der Waals surface area contributed by atoms with Gasteiger partial charge in [-0.2, -0.15) is 0 Å². The van der Waals surface area contributed by atoms with E-state index in [1.807, 2.05) is 0 Å². The Bertz CT molecular complexity index is 1520. The van der Waals surface area contributed by atoms with Crippen molar-refractivity contribution in [1.29, 1.82) is 0 Å². The van der Waals surface area contributed by atoms with E-state index in [9.17, 15) is 18.8 Å². The van der Waals surface area contributed by atoms with E-state index >= 15 is 0 Å². The molecule has 0 fully saturated rings. The summed E-state index contributed by atoms with van der Waals surface area (Å²) < 4.78 is 14.4. The Kier molecular flexibility index (Phi) is 6.22. The Morgan fingerprint density at radius 2 is 1.72 bits per heavy atom. The zero-order valence-corrected chi connectivity index (χ0v) is 19.9. The molecule has 0 unspecified atom stereocenters. The molecule has 2 aromatic carbocycles. The number of hydrogen-bond donors (Lipinski definition) is 0. The smallest absolute Gasteiger partial charge is 0.261 e. The number of para-hydroxylation sites is 1. The molecule has 178 valence electrons. The van der Waals surface area contributed by atoms with Crippen molar-refractivity contribution in [3.63, 3.8) is 0 Å². The average molecular weight is 499 g/mol. The van der Waals surface area contributed by atoms with Crippen LogP contribution in [0.3, 0.4) is 0 Å². The fourth-order valence-electron chi connectivity index (χ4n) is 3.97. The molecule has 5 rings (SSSR count). The van der Waals surface area contributed by atoms with Crippen LogP contribution in [0.1, 0.15) is 34.2 Å². The minimum absolute atomic E-state index is 0.0257. The number of hydrogen-bond acceptors (Lipinski definition) is 6. The summed E-state index contributed by atoms with van der Waals surface area (Å²) in [5.41, 5.74) is 2.25. The van der Waals surface area contributed by atoms with E-state index in [0.29, 0.717) is 28.1 Å². The number of halogens is 1. The van der Waals surface area contributed by atoms with Crippen molar-refractivity contribution in [2.75, 3.05) is 4.90 Å². The number of benzene rings is 2. The maximum atomic E-state index is 14.4. The third-order valence-electron chi connectivity index (χ3n) is 5.62. The van der Waals surface area contributed by atoms with Gasteiger partial charge >= 0.3 is 0 Å². The molecule has 0 bridgehead atoms. The summed E-state index contributed by atoms with van der Waals surface area (Å²) in [4.78, 5) is 50.1. The molecule has 7 nitrogen and oxygen atoms in total. The predicted molar refractivity (Wildman–Crippen MR) is 135 cm³/mol. The highest BCUT2D eigenvalue weighted by atomic mass is 32.1. The number of thiazole rings is 1. The molecule has 36 heavy (non-hydrogen) atoms. The Balaban J connectivity index is 1.55. The number of carbonyl (C=O) groups is 3. The van der Waals surface area contributed by atoms with E-state index in [1.54, 1.807) is 72.3 Å². The Labute approximate surface area is 210 Å². The van der Waals surface area contributed by atoms with Gasteiger partial charge < -0.3 is 0 Å². The largest absolute Gasteiger partial charge is 0.274 e. The predicted octanol–water partition coefficient (Wildman–Crippen LogP) is 5.09. The molecular weight excluding hydrogens is 479 g/mol. The van der Waals surface area contributed by atoms with Gasteiger partial charge in [0, 0.05) is 29.6 Å². The fourth-order valence-corrected chi connectivity index (χ4v) is 4.81. The Morgan fingerprint density at radius 3 is 2.44 bits per heavy atom. The number of nitrogens with zero attached hydrogens (tertiary/aromatic N) is 4. The molecule has 0 spiro atoms. The summed E-state index contributed by atoms with van der Waals surface area (Å²) in [7, 11) is 0. The van der Waals surface area contributed by atoms with Gasteiger partial charge in [-0.05, 0) is 36.4 Å². The highest BCUT2D eigenvalue weighted by Gasteiger charge is 2.35. The third kappa shape index (κ3) is 4.32. The summed E-state index contributed by atoms with van der Waals surface area (Å²) >= 11 is 1.15. The van der Waals surface area contributed by atoms with Gasteiger partial charge in [0.1, 0.15) is 5.82 Å². The van der Waals surface area contributed by atoms with Crippen LogP contribution in [0.4, 0.5) is 15.2 Å². The lowest BCUT2D eigenvalue weighted by atomic mass is 9.92. The zero-order valence-electron chi connectivity index (χ0n) is 19.1. The van der Waals surface area contributed by atoms with Gasteiger partial charge in [-0.25, -0.2) is 9.37 Å². The maximum Gasteiger partial charge on any atom is 0.261 e. The van der Waals surface area contributed by atoms with Crippen LogP contribution >= 0.6 is 11.3 Å². The lowest BCUT2D eigenvalue weighted by molar-refractivity contribution is -0.123. The molecule has 1 aliphatic heterocycles. The Hall–Kier alpha value is -4.50. The van der Waals surface area contributed by atoms with Crippen molar-refractivity contribution in [1.82, 2.24) is 14.9 Å². The summed E-state index contributed by atoms with van der Waals surface area (Å²) in [6.45, 7) is 1.35. The average Bonchev–Trinajstić information content (AvgIpc) is 3.34. The van der Waals surface area contributed by atoms with Crippen molar-refractivity contribution in [2.45, 2.75) is 13.5 Å². The molecule has 9 heteroatoms. The van der Waals surface area contributed by atoms with Crippen LogP contribution < -0.4 is 4.90 Å². The second-order valence-electron chi connectivity index (χ2n) is 7.98. The zero-order chi connectivity index (χ0) is 25.2. The van der Waals surface area contributed by atoms with Crippen molar-refractivity contribution in [2.24, 2.45) is 0 Å². The van der Waals surface area contributed by atoms with Crippen LogP contribution in [0.25, 0.3) is 11.6 Å². The molecular formula is C27H19FN4O3S. The number of fused-ring (bicyclic) bond motifs is 1. The molecule has 3 heterocycles. The molecule has 0 atom stereocenters. The van der Waals surface area contributed by atoms with Crippen molar-refractivity contribution < 1.29 is 18.8 Å². The number of anilines is 2. The fraction of sp³-hybridized carbons (Fsp3) is 0.0741. The topological polar surface area (TPSA) is 83.5 Å². The third-order valence-corrected chi connectivity index (χ3v) is 6.46. The summed E-state index contributed by atoms with van der Waals surface area (Å²) in [6, 6.07) is 18.1. The van der Waals surface area contributed by atoms with E-state index in [2.05, 4.69) is 9.97 Å². The highest BCUT2D eigenvalue weighted by Crippen LogP contribution is 2.34. The standard InChI is InChI=1S/C27H19FN4O3S/c1-17(33)32(24-12-5-4-11-23(24)28)27-30-19(16-36-27)14-22-20-9-2-3-10-21(20)25(34)31(26(22)35)15-18-8-6-7-13-29-18/h2-14,16H,15H2,1H3/b22-14+. The van der Waals surface area contributed by atoms with Gasteiger partial charge in [-0.3, -0.25) is 29.2 Å². The van der Waals surface area contributed by atoms with Gasteiger partial charge in [0.15, 0.2) is 5.13 Å². The minimum Gasteiger partial charge on any atom is -0.274 e. The number of pyridine rings is 1. The van der Waals surface area contributed by atoms with Crippen molar-refractivity contribution in [3.8, 4) is 0 Å². The van der Waals surface area contributed by atoms with Gasteiger partial charge in [0.2, 0.25) is 5.91 Å². The van der Waals surface area contributed by atoms with Crippen LogP contribution in [0.15, 0.2) is 78.3 Å². The normalized spacial score (nSPS) is 14.2. The second-order valence-corrected chi connectivity index (χ2v) is 8.82. The quantitative estimate of drug-likeness (QED) is 0.283. The van der Waals surface area contributed by atoms with E-state index in [0.717, 1.165) is 16.2 Å². The molecule has 0 radical (unpaired) electrons. The van der Waals surface area contributed by atoms with Crippen LogP contribution in [-0.4, -0.2) is 32.6 Å². The molecule has 1 aliphatic rings. The molecule has 3 amide bonds. The summed E-state index contributed by atoms with van der Waals surface area (Å²) in [5.74, 6) is -1.83. The first-order valence-corrected chi connectivity index (χ1v) is 11.9. The molecule has 2 aromatic heterocycles. The van der Waals surface area contributed by atoms with Gasteiger partial charge in [-0.1, -0.05) is 36.4 Å². The van der Waals surface area contributed by atoms with Crippen LogP contribution in [-0.2, 0) is 16.1 Å². The van der Waals surface area contributed by atoms with Crippen molar-refractivity contribution >= 4 is 51.5 Å². The van der Waals surface area contributed by atoms with Gasteiger partial charge in [0.25, 0.3) is 11.8 Å². The number of carbonyl (C=O) groups excluding carboxylic acids is 3. The minimum atomic E-state index is -0.553. The van der Waals surface area contributed by atoms with Crippen LogP contribution in [0.5, 0.6) is 0 Å².